The number of amides is 2. The summed E-state index contributed by atoms with van der Waals surface area (Å²) >= 11 is 0. The molecule has 0 radical (unpaired) electrons. The standard InChI is InChI=1S/C24H29F2N5O9/c1-2-3-4-5-6-7-16(32)30-14(11-28-31-27)22(36)29-12-8-9-15(13(10-12)21(25)26)39-24-19(35)17(33)18(34)20(40-24)23(37)38/h1,8-10,14,17-21,24,33-35H,3-7,11H2,(H,29,36)(H,30,32)(H,37,38)/t14?,17-,18-,19+,20-,24+/m1/s1. The molecule has 1 aliphatic rings. The van der Waals surface area contributed by atoms with Crippen LogP contribution in [-0.4, -0.2) is 81.5 Å². The minimum absolute atomic E-state index is 0.0791. The van der Waals surface area contributed by atoms with Gasteiger partial charge < -0.3 is 40.5 Å². The van der Waals surface area contributed by atoms with Crippen molar-refractivity contribution >= 4 is 23.5 Å². The van der Waals surface area contributed by atoms with Crippen LogP contribution in [0.15, 0.2) is 23.3 Å². The Morgan fingerprint density at radius 2 is 1.90 bits per heavy atom. The van der Waals surface area contributed by atoms with Gasteiger partial charge in [0.2, 0.25) is 18.1 Å². The number of carboxylic acids is 1. The van der Waals surface area contributed by atoms with Crippen molar-refractivity contribution in [1.82, 2.24) is 5.32 Å². The summed E-state index contributed by atoms with van der Waals surface area (Å²) < 4.78 is 37.8. The fourth-order valence-electron chi connectivity index (χ4n) is 3.68. The number of azide groups is 1. The van der Waals surface area contributed by atoms with Gasteiger partial charge in [-0.05, 0) is 36.6 Å². The number of alkyl halides is 2. The first-order valence-corrected chi connectivity index (χ1v) is 12.1. The molecule has 2 amide bonds. The second-order valence-corrected chi connectivity index (χ2v) is 8.69. The molecule has 1 fully saturated rings. The number of nitrogens with one attached hydrogen (secondary N) is 2. The van der Waals surface area contributed by atoms with Crippen LogP contribution in [0.25, 0.3) is 10.4 Å². The number of nitrogens with zero attached hydrogens (tertiary/aromatic N) is 3. The highest BCUT2D eigenvalue weighted by Gasteiger charge is 2.48. The van der Waals surface area contributed by atoms with E-state index in [1.807, 2.05) is 0 Å². The van der Waals surface area contributed by atoms with Gasteiger partial charge in [-0.25, -0.2) is 13.6 Å². The molecule has 40 heavy (non-hydrogen) atoms. The summed E-state index contributed by atoms with van der Waals surface area (Å²) in [5.41, 5.74) is 7.65. The largest absolute Gasteiger partial charge is 0.479 e. The maximum atomic E-state index is 13.8. The highest BCUT2D eigenvalue weighted by atomic mass is 19.3. The van der Waals surface area contributed by atoms with Crippen molar-refractivity contribution < 1.29 is 53.1 Å². The molecule has 16 heteroatoms. The molecule has 2 rings (SSSR count). The van der Waals surface area contributed by atoms with E-state index in [2.05, 4.69) is 26.6 Å². The van der Waals surface area contributed by atoms with E-state index in [1.54, 1.807) is 0 Å². The normalized spacial score (nSPS) is 22.9. The van der Waals surface area contributed by atoms with E-state index in [9.17, 15) is 38.5 Å². The third-order valence-electron chi connectivity index (χ3n) is 5.77. The molecule has 1 aliphatic heterocycles. The molecule has 0 saturated carbocycles. The molecule has 0 spiro atoms. The molecule has 1 aromatic carbocycles. The zero-order chi connectivity index (χ0) is 29.8. The third kappa shape index (κ3) is 9.04. The van der Waals surface area contributed by atoms with Crippen LogP contribution in [0.2, 0.25) is 0 Å². The SMILES string of the molecule is C#CCCCCCC(=O)NC(CN=[N+]=[N-])C(=O)Nc1ccc(O[C@H]2O[C@@H](C(=O)O)[C@H](O)[C@@H](O)[C@@H]2O)c(C(F)F)c1. The summed E-state index contributed by atoms with van der Waals surface area (Å²) in [5, 5.41) is 46.9. The van der Waals surface area contributed by atoms with Crippen LogP contribution in [0.4, 0.5) is 14.5 Å². The van der Waals surface area contributed by atoms with Crippen LogP contribution in [0, 0.1) is 12.3 Å². The lowest BCUT2D eigenvalue weighted by atomic mass is 9.99. The summed E-state index contributed by atoms with van der Waals surface area (Å²) in [6, 6.07) is 1.61. The van der Waals surface area contributed by atoms with Crippen molar-refractivity contribution in [3.63, 3.8) is 0 Å². The van der Waals surface area contributed by atoms with Crippen LogP contribution < -0.4 is 15.4 Å². The number of aliphatic hydroxyl groups excluding tert-OH is 3. The number of aliphatic carboxylic acids is 1. The fourth-order valence-corrected chi connectivity index (χ4v) is 3.68. The monoisotopic (exact) mass is 569 g/mol. The van der Waals surface area contributed by atoms with Crippen LogP contribution in [0.5, 0.6) is 5.75 Å². The number of carboxylic acid groups (broad SMARTS) is 1. The van der Waals surface area contributed by atoms with E-state index in [-0.39, 0.29) is 12.1 Å². The van der Waals surface area contributed by atoms with Gasteiger partial charge in [0.05, 0.1) is 12.1 Å². The van der Waals surface area contributed by atoms with Crippen molar-refractivity contribution in [1.29, 1.82) is 0 Å². The minimum atomic E-state index is -3.19. The number of benzene rings is 1. The van der Waals surface area contributed by atoms with E-state index in [1.165, 1.54) is 0 Å². The summed E-state index contributed by atoms with van der Waals surface area (Å²) in [4.78, 5) is 38.8. The number of carbonyl (C=O) groups excluding carboxylic acids is 2. The zero-order valence-corrected chi connectivity index (χ0v) is 21.0. The van der Waals surface area contributed by atoms with Crippen molar-refractivity contribution in [3.8, 4) is 18.1 Å². The Kier molecular flexibility index (Phi) is 12.5. The van der Waals surface area contributed by atoms with Gasteiger partial charge in [-0.1, -0.05) is 11.5 Å². The van der Waals surface area contributed by atoms with Crippen molar-refractivity contribution in [2.75, 3.05) is 11.9 Å². The number of halogens is 2. The van der Waals surface area contributed by atoms with E-state index in [0.29, 0.717) is 19.3 Å². The van der Waals surface area contributed by atoms with Gasteiger partial charge in [-0.3, -0.25) is 9.59 Å². The molecule has 1 heterocycles. The number of hydrogen-bond donors (Lipinski definition) is 6. The third-order valence-corrected chi connectivity index (χ3v) is 5.77. The van der Waals surface area contributed by atoms with Crippen molar-refractivity contribution in [2.24, 2.45) is 5.11 Å². The molecule has 0 bridgehead atoms. The van der Waals surface area contributed by atoms with Crippen LogP contribution in [0.3, 0.4) is 0 Å². The summed E-state index contributed by atoms with van der Waals surface area (Å²) in [5.74, 6) is -1.15. The van der Waals surface area contributed by atoms with Crippen molar-refractivity contribution in [2.45, 2.75) is 75.3 Å². The highest BCUT2D eigenvalue weighted by molar-refractivity contribution is 5.97. The quantitative estimate of drug-likeness (QED) is 0.0622. The molecule has 0 aromatic heterocycles. The Hall–Kier alpha value is -4.00. The number of hydrogen-bond acceptors (Lipinski definition) is 9. The Bertz CT molecular complexity index is 1140. The van der Waals surface area contributed by atoms with Crippen LogP contribution in [-0.2, 0) is 19.1 Å². The van der Waals surface area contributed by atoms with Crippen LogP contribution >= 0.6 is 0 Å². The molecule has 14 nitrogen and oxygen atoms in total. The van der Waals surface area contributed by atoms with Gasteiger partial charge in [-0.15, -0.1) is 12.3 Å². The topological polar surface area (TPSA) is 223 Å². The van der Waals surface area contributed by atoms with E-state index in [0.717, 1.165) is 24.6 Å². The second-order valence-electron chi connectivity index (χ2n) is 8.69. The number of carbonyl (C=O) groups is 3. The molecule has 6 atom stereocenters. The average Bonchev–Trinajstić information content (AvgIpc) is 2.91. The predicted molar refractivity (Wildman–Crippen MR) is 133 cm³/mol. The van der Waals surface area contributed by atoms with Crippen LogP contribution in [0.1, 0.15) is 44.1 Å². The lowest BCUT2D eigenvalue weighted by molar-refractivity contribution is -0.271. The Morgan fingerprint density at radius 1 is 1.18 bits per heavy atom. The molecular formula is C24H29F2N5O9. The molecule has 1 aromatic rings. The molecule has 1 unspecified atom stereocenters. The highest BCUT2D eigenvalue weighted by Crippen LogP contribution is 2.34. The Morgan fingerprint density at radius 3 is 2.52 bits per heavy atom. The number of anilines is 1. The first-order chi connectivity index (χ1) is 19.0. The van der Waals surface area contributed by atoms with Gasteiger partial charge in [0.1, 0.15) is 30.1 Å². The molecule has 1 saturated heterocycles. The van der Waals surface area contributed by atoms with E-state index in [4.69, 9.17) is 26.5 Å². The maximum Gasteiger partial charge on any atom is 0.335 e. The molecular weight excluding hydrogens is 540 g/mol. The van der Waals surface area contributed by atoms with Gasteiger partial charge >= 0.3 is 5.97 Å². The van der Waals surface area contributed by atoms with E-state index < -0.39 is 78.8 Å². The predicted octanol–water partition coefficient (Wildman–Crippen LogP) is 1.21. The average molecular weight is 570 g/mol. The summed E-state index contributed by atoms with van der Waals surface area (Å²) in [6.45, 7) is -0.454. The molecule has 6 N–H and O–H groups in total. The Balaban J connectivity index is 2.14. The first kappa shape index (κ1) is 32.2. The number of rotatable bonds is 14. The number of ether oxygens (including phenoxy) is 2. The smallest absolute Gasteiger partial charge is 0.335 e. The fraction of sp³-hybridized carbons (Fsp3) is 0.542. The summed E-state index contributed by atoms with van der Waals surface area (Å²) in [7, 11) is 0. The minimum Gasteiger partial charge on any atom is -0.479 e. The van der Waals surface area contributed by atoms with Crippen molar-refractivity contribution in [3.05, 3.63) is 34.2 Å². The van der Waals surface area contributed by atoms with Gasteiger partial charge in [0.25, 0.3) is 6.43 Å². The van der Waals surface area contributed by atoms with Gasteiger partial charge in [-0.2, -0.15) is 0 Å². The van der Waals surface area contributed by atoms with Gasteiger partial charge in [0.15, 0.2) is 6.10 Å². The Labute approximate surface area is 226 Å². The van der Waals surface area contributed by atoms with Gasteiger partial charge in [0, 0.05) is 23.4 Å². The number of aliphatic hydroxyl groups is 3. The lowest BCUT2D eigenvalue weighted by Gasteiger charge is -2.38. The zero-order valence-electron chi connectivity index (χ0n) is 21.0. The summed E-state index contributed by atoms with van der Waals surface area (Å²) in [6.07, 6.45) is -5.41. The maximum absolute atomic E-state index is 13.8. The molecule has 0 aliphatic carbocycles. The molecule has 218 valence electrons. The first-order valence-electron chi connectivity index (χ1n) is 12.1. The second kappa shape index (κ2) is 15.6. The van der Waals surface area contributed by atoms with E-state index >= 15 is 0 Å². The number of unbranched alkanes of at least 4 members (excludes halogenated alkanes) is 3. The lowest BCUT2D eigenvalue weighted by Crippen LogP contribution is -2.61. The number of terminal acetylenes is 1.